The van der Waals surface area contributed by atoms with Crippen molar-refractivity contribution in [3.05, 3.63) is 77.9 Å². The summed E-state index contributed by atoms with van der Waals surface area (Å²) in [5.41, 5.74) is 4.86. The second-order valence-corrected chi connectivity index (χ2v) is 9.68. The summed E-state index contributed by atoms with van der Waals surface area (Å²) in [6, 6.07) is 20.7. The van der Waals surface area contributed by atoms with Crippen LogP contribution in [0.1, 0.15) is 56.0 Å². The third kappa shape index (κ3) is 6.29. The van der Waals surface area contributed by atoms with E-state index in [4.69, 9.17) is 26.4 Å². The first kappa shape index (κ1) is 25.4. The van der Waals surface area contributed by atoms with Crippen molar-refractivity contribution in [2.75, 3.05) is 11.9 Å². The van der Waals surface area contributed by atoms with Gasteiger partial charge in [-0.1, -0.05) is 39.8 Å². The van der Waals surface area contributed by atoms with Gasteiger partial charge in [-0.2, -0.15) is 0 Å². The van der Waals surface area contributed by atoms with Crippen LogP contribution in [0.25, 0.3) is 22.6 Å². The number of hydrogen-bond donors (Lipinski definition) is 2. The highest BCUT2D eigenvalue weighted by Gasteiger charge is 2.13. The maximum atomic E-state index is 12.6. The average Bonchev–Trinajstić information content (AvgIpc) is 3.31. The van der Waals surface area contributed by atoms with E-state index < -0.39 is 0 Å². The summed E-state index contributed by atoms with van der Waals surface area (Å²) < 4.78 is 11.7. The van der Waals surface area contributed by atoms with Gasteiger partial charge in [0.25, 0.3) is 5.91 Å². The number of benzene rings is 3. The Hall–Kier alpha value is -3.71. The number of anilines is 1. The van der Waals surface area contributed by atoms with Gasteiger partial charge < -0.3 is 14.5 Å². The number of carbonyl (C=O) groups excluding carboxylic acids is 1. The van der Waals surface area contributed by atoms with Gasteiger partial charge >= 0.3 is 0 Å². The summed E-state index contributed by atoms with van der Waals surface area (Å²) in [4.78, 5) is 17.3. The summed E-state index contributed by atoms with van der Waals surface area (Å²) in [7, 11) is 0. The summed E-state index contributed by atoms with van der Waals surface area (Å²) in [6.45, 7) is 9.18. The average molecular weight is 502 g/mol. The Morgan fingerprint density at radius 3 is 2.56 bits per heavy atom. The minimum absolute atomic E-state index is 0.202. The van der Waals surface area contributed by atoms with Crippen molar-refractivity contribution in [2.45, 2.75) is 40.0 Å². The van der Waals surface area contributed by atoms with E-state index in [1.54, 1.807) is 24.3 Å². The molecule has 7 heteroatoms. The van der Waals surface area contributed by atoms with Gasteiger partial charge in [-0.15, -0.1) is 0 Å². The Kier molecular flexibility index (Phi) is 8.00. The van der Waals surface area contributed by atoms with Crippen molar-refractivity contribution in [3.63, 3.8) is 0 Å². The van der Waals surface area contributed by atoms with E-state index in [9.17, 15) is 4.79 Å². The zero-order chi connectivity index (χ0) is 25.7. The highest BCUT2D eigenvalue weighted by atomic mass is 32.1. The quantitative estimate of drug-likeness (QED) is 0.249. The van der Waals surface area contributed by atoms with Gasteiger partial charge in [-0.3, -0.25) is 10.1 Å². The highest BCUT2D eigenvalue weighted by molar-refractivity contribution is 7.80. The Bertz CT molecular complexity index is 1360. The molecule has 0 spiro atoms. The minimum Gasteiger partial charge on any atom is -0.493 e. The van der Waals surface area contributed by atoms with Crippen LogP contribution in [0.2, 0.25) is 0 Å². The molecule has 0 aliphatic carbocycles. The lowest BCUT2D eigenvalue weighted by molar-refractivity contribution is 0.0977. The maximum Gasteiger partial charge on any atom is 0.257 e. The molecule has 0 saturated carbocycles. The molecule has 0 fully saturated rings. The van der Waals surface area contributed by atoms with E-state index in [0.717, 1.165) is 34.5 Å². The Morgan fingerprint density at radius 1 is 1.06 bits per heavy atom. The van der Waals surface area contributed by atoms with Crippen molar-refractivity contribution < 1.29 is 13.9 Å². The lowest BCUT2D eigenvalue weighted by Crippen LogP contribution is -2.34. The van der Waals surface area contributed by atoms with Crippen molar-refractivity contribution >= 4 is 40.0 Å². The van der Waals surface area contributed by atoms with Gasteiger partial charge in [-0.05, 0) is 90.6 Å². The molecule has 2 N–H and O–H groups in total. The van der Waals surface area contributed by atoms with E-state index in [2.05, 4.69) is 50.5 Å². The van der Waals surface area contributed by atoms with Crippen LogP contribution >= 0.6 is 12.2 Å². The van der Waals surface area contributed by atoms with E-state index in [1.165, 1.54) is 5.56 Å². The first-order chi connectivity index (χ1) is 17.3. The van der Waals surface area contributed by atoms with Crippen molar-refractivity contribution in [2.24, 2.45) is 5.92 Å². The van der Waals surface area contributed by atoms with Crippen molar-refractivity contribution in [1.29, 1.82) is 0 Å². The van der Waals surface area contributed by atoms with Crippen LogP contribution in [0.3, 0.4) is 0 Å². The van der Waals surface area contributed by atoms with Crippen LogP contribution in [0, 0.1) is 5.92 Å². The fourth-order valence-electron chi connectivity index (χ4n) is 3.64. The number of thiocarbonyl (C=S) groups is 1. The molecule has 0 aliphatic heterocycles. The summed E-state index contributed by atoms with van der Waals surface area (Å²) >= 11 is 5.36. The summed E-state index contributed by atoms with van der Waals surface area (Å²) in [6.07, 6.45) is 1.07. The van der Waals surface area contributed by atoms with Gasteiger partial charge in [0, 0.05) is 16.8 Å². The zero-order valence-corrected chi connectivity index (χ0v) is 21.8. The second-order valence-electron chi connectivity index (χ2n) is 9.27. The number of fused-ring (bicyclic) bond motifs is 1. The van der Waals surface area contributed by atoms with Gasteiger partial charge in [-0.25, -0.2) is 4.98 Å². The largest absolute Gasteiger partial charge is 0.493 e. The fraction of sp³-hybridized carbons (Fsp3) is 0.276. The minimum atomic E-state index is -0.296. The highest BCUT2D eigenvalue weighted by Crippen LogP contribution is 2.29. The van der Waals surface area contributed by atoms with Crippen LogP contribution < -0.4 is 15.4 Å². The first-order valence-corrected chi connectivity index (χ1v) is 12.6. The molecule has 0 bridgehead atoms. The topological polar surface area (TPSA) is 76.4 Å². The molecule has 4 aromatic rings. The number of amides is 1. The number of rotatable bonds is 8. The molecule has 0 radical (unpaired) electrons. The number of nitrogens with one attached hydrogen (secondary N) is 2. The number of hydrogen-bond acceptors (Lipinski definition) is 5. The number of aromatic nitrogens is 1. The number of nitrogens with zero attached hydrogens (tertiary/aromatic N) is 1. The third-order valence-corrected chi connectivity index (χ3v) is 6.09. The lowest BCUT2D eigenvalue weighted by Gasteiger charge is -2.11. The standard InChI is InChI=1S/C29H31N3O3S/c1-5-19(4)21-11-14-26-25(16-21)31-28(35-26)22-7-6-8-23(15-22)30-29(36)32-27(33)20-9-12-24(13-10-20)34-17-18(2)3/h6-16,18-19H,5,17H2,1-4H3,(H2,30,32,33,36)/t19-/m0/s1. The van der Waals surface area contributed by atoms with Gasteiger partial charge in [0.2, 0.25) is 5.89 Å². The Labute approximate surface area is 217 Å². The number of oxazole rings is 1. The molecule has 6 nitrogen and oxygen atoms in total. The van der Waals surface area contributed by atoms with Crippen molar-refractivity contribution in [3.8, 4) is 17.2 Å². The van der Waals surface area contributed by atoms with Gasteiger partial charge in [0.05, 0.1) is 6.61 Å². The van der Waals surface area contributed by atoms with E-state index in [1.807, 2.05) is 30.3 Å². The molecule has 36 heavy (non-hydrogen) atoms. The Balaban J connectivity index is 1.41. The molecule has 1 heterocycles. The van der Waals surface area contributed by atoms with Gasteiger partial charge in [0.1, 0.15) is 11.3 Å². The van der Waals surface area contributed by atoms with Crippen LogP contribution in [0.4, 0.5) is 5.69 Å². The molecule has 186 valence electrons. The molecular weight excluding hydrogens is 470 g/mol. The zero-order valence-electron chi connectivity index (χ0n) is 21.0. The normalized spacial score (nSPS) is 11.9. The Morgan fingerprint density at radius 2 is 1.83 bits per heavy atom. The molecule has 4 rings (SSSR count). The van der Waals surface area contributed by atoms with Crippen LogP contribution in [-0.4, -0.2) is 22.6 Å². The molecule has 0 saturated heterocycles. The third-order valence-electron chi connectivity index (χ3n) is 5.89. The summed E-state index contributed by atoms with van der Waals surface area (Å²) in [5, 5.41) is 5.99. The second kappa shape index (κ2) is 11.4. The molecule has 1 atom stereocenters. The van der Waals surface area contributed by atoms with E-state index in [0.29, 0.717) is 29.9 Å². The molecule has 1 amide bonds. The van der Waals surface area contributed by atoms with Crippen LogP contribution in [0.5, 0.6) is 5.75 Å². The van der Waals surface area contributed by atoms with E-state index in [-0.39, 0.29) is 11.0 Å². The predicted molar refractivity (Wildman–Crippen MR) is 149 cm³/mol. The number of carbonyl (C=O) groups is 1. The SMILES string of the molecule is CC[C@H](C)c1ccc2oc(-c3cccc(NC(=S)NC(=O)c4ccc(OCC(C)C)cc4)c3)nc2c1. The smallest absolute Gasteiger partial charge is 0.257 e. The van der Waals surface area contributed by atoms with Crippen LogP contribution in [-0.2, 0) is 0 Å². The first-order valence-electron chi connectivity index (χ1n) is 12.2. The van der Waals surface area contributed by atoms with Crippen LogP contribution in [0.15, 0.2) is 71.1 Å². The maximum absolute atomic E-state index is 12.6. The lowest BCUT2D eigenvalue weighted by atomic mass is 9.98. The monoisotopic (exact) mass is 501 g/mol. The molecule has 3 aromatic carbocycles. The van der Waals surface area contributed by atoms with Gasteiger partial charge in [0.15, 0.2) is 10.7 Å². The van der Waals surface area contributed by atoms with E-state index >= 15 is 0 Å². The number of ether oxygens (including phenoxy) is 1. The predicted octanol–water partition coefficient (Wildman–Crippen LogP) is 7.17. The molecule has 0 unspecified atom stereocenters. The molecular formula is C29H31N3O3S. The molecule has 0 aliphatic rings. The van der Waals surface area contributed by atoms with Crippen molar-refractivity contribution in [1.82, 2.24) is 10.3 Å². The fourth-order valence-corrected chi connectivity index (χ4v) is 3.85. The molecule has 1 aromatic heterocycles. The summed E-state index contributed by atoms with van der Waals surface area (Å²) in [5.74, 6) is 1.86.